The number of nitrogens with one attached hydrogen (secondary N) is 2. The molecular weight excluding hydrogens is 266 g/mol. The van der Waals surface area contributed by atoms with Gasteiger partial charge in [-0.2, -0.15) is 5.10 Å². The summed E-state index contributed by atoms with van der Waals surface area (Å²) < 4.78 is 10.6. The number of rotatable bonds is 7. The lowest BCUT2D eigenvalue weighted by Gasteiger charge is -2.19. The average Bonchev–Trinajstić information content (AvgIpc) is 3.01. The molecule has 1 heterocycles. The average molecular weight is 289 g/mol. The molecule has 2 N–H and O–H groups in total. The number of ether oxygens (including phenoxy) is 2. The molecule has 5 heteroatoms. The van der Waals surface area contributed by atoms with Gasteiger partial charge in [-0.1, -0.05) is 6.07 Å². The largest absolute Gasteiger partial charge is 0.493 e. The van der Waals surface area contributed by atoms with Gasteiger partial charge in [-0.3, -0.25) is 5.10 Å². The van der Waals surface area contributed by atoms with Crippen molar-refractivity contribution >= 4 is 0 Å². The standard InChI is InChI=1S/C16H23N3O2/c1-11(19-12(2)14-9-17-18-10-14)7-13-5-6-15(20-3)16(8-13)21-4/h5-6,8-12,19H,7H2,1-4H3,(H,17,18). The summed E-state index contributed by atoms with van der Waals surface area (Å²) in [4.78, 5) is 0. The summed E-state index contributed by atoms with van der Waals surface area (Å²) in [6.07, 6.45) is 4.68. The normalized spacial score (nSPS) is 13.7. The van der Waals surface area contributed by atoms with E-state index in [9.17, 15) is 0 Å². The first kappa shape index (κ1) is 15.4. The summed E-state index contributed by atoms with van der Waals surface area (Å²) in [7, 11) is 3.30. The van der Waals surface area contributed by atoms with Crippen LogP contribution >= 0.6 is 0 Å². The molecular formula is C16H23N3O2. The minimum atomic E-state index is 0.263. The summed E-state index contributed by atoms with van der Waals surface area (Å²) in [5.41, 5.74) is 2.38. The van der Waals surface area contributed by atoms with Crippen LogP contribution in [0.3, 0.4) is 0 Å². The Morgan fingerprint density at radius 1 is 1.19 bits per heavy atom. The van der Waals surface area contributed by atoms with Crippen molar-refractivity contribution in [3.05, 3.63) is 41.7 Å². The van der Waals surface area contributed by atoms with Crippen LogP contribution in [-0.4, -0.2) is 30.5 Å². The Bertz CT molecular complexity index is 555. The molecule has 1 aromatic heterocycles. The van der Waals surface area contributed by atoms with Crippen LogP contribution in [0.1, 0.15) is 31.0 Å². The quantitative estimate of drug-likeness (QED) is 0.823. The number of H-pyrrole nitrogens is 1. The highest BCUT2D eigenvalue weighted by Gasteiger charge is 2.12. The van der Waals surface area contributed by atoms with Crippen LogP contribution in [-0.2, 0) is 6.42 Å². The third-order valence-corrected chi connectivity index (χ3v) is 3.54. The highest BCUT2D eigenvalue weighted by Crippen LogP contribution is 2.28. The number of hydrogen-bond acceptors (Lipinski definition) is 4. The number of aromatic nitrogens is 2. The molecule has 0 aliphatic heterocycles. The molecule has 2 aromatic rings. The van der Waals surface area contributed by atoms with Crippen LogP contribution < -0.4 is 14.8 Å². The molecule has 0 aliphatic carbocycles. The molecule has 2 unspecified atom stereocenters. The lowest BCUT2D eigenvalue weighted by Crippen LogP contribution is -2.30. The van der Waals surface area contributed by atoms with Gasteiger partial charge in [0, 0.05) is 23.8 Å². The van der Waals surface area contributed by atoms with Crippen molar-refractivity contribution in [3.63, 3.8) is 0 Å². The van der Waals surface area contributed by atoms with E-state index in [1.54, 1.807) is 14.2 Å². The van der Waals surface area contributed by atoms with Crippen molar-refractivity contribution in [2.24, 2.45) is 0 Å². The van der Waals surface area contributed by atoms with Crippen LogP contribution in [0.15, 0.2) is 30.6 Å². The Kier molecular flexibility index (Phi) is 5.22. The Labute approximate surface area is 125 Å². The molecule has 0 aliphatic rings. The van der Waals surface area contributed by atoms with Gasteiger partial charge < -0.3 is 14.8 Å². The summed E-state index contributed by atoms with van der Waals surface area (Å²) in [6.45, 7) is 4.31. The van der Waals surface area contributed by atoms with Crippen LogP contribution in [0.2, 0.25) is 0 Å². The van der Waals surface area contributed by atoms with Gasteiger partial charge >= 0.3 is 0 Å². The van der Waals surface area contributed by atoms with E-state index in [1.165, 1.54) is 5.56 Å². The van der Waals surface area contributed by atoms with Crippen LogP contribution in [0.25, 0.3) is 0 Å². The van der Waals surface area contributed by atoms with Gasteiger partial charge in [0.2, 0.25) is 0 Å². The van der Waals surface area contributed by atoms with E-state index >= 15 is 0 Å². The maximum atomic E-state index is 5.34. The summed E-state index contributed by atoms with van der Waals surface area (Å²) in [5.74, 6) is 1.53. The topological polar surface area (TPSA) is 59.2 Å². The van der Waals surface area contributed by atoms with Crippen molar-refractivity contribution in [2.75, 3.05) is 14.2 Å². The molecule has 2 atom stereocenters. The Hall–Kier alpha value is -2.01. The van der Waals surface area contributed by atoms with Crippen molar-refractivity contribution in [2.45, 2.75) is 32.4 Å². The highest BCUT2D eigenvalue weighted by molar-refractivity contribution is 5.43. The van der Waals surface area contributed by atoms with Crippen molar-refractivity contribution in [1.82, 2.24) is 15.5 Å². The maximum absolute atomic E-state index is 5.34. The molecule has 114 valence electrons. The summed E-state index contributed by atoms with van der Waals surface area (Å²) >= 11 is 0. The van der Waals surface area contributed by atoms with Crippen molar-refractivity contribution in [3.8, 4) is 11.5 Å². The predicted molar refractivity (Wildman–Crippen MR) is 82.9 cm³/mol. The number of aromatic amines is 1. The minimum Gasteiger partial charge on any atom is -0.493 e. The molecule has 2 rings (SSSR count). The lowest BCUT2D eigenvalue weighted by atomic mass is 10.0. The predicted octanol–water partition coefficient (Wildman–Crippen LogP) is 2.71. The van der Waals surface area contributed by atoms with E-state index in [4.69, 9.17) is 9.47 Å². The van der Waals surface area contributed by atoms with E-state index in [0.29, 0.717) is 6.04 Å². The van der Waals surface area contributed by atoms with Crippen LogP contribution in [0.4, 0.5) is 0 Å². The van der Waals surface area contributed by atoms with E-state index < -0.39 is 0 Å². The second kappa shape index (κ2) is 7.13. The minimum absolute atomic E-state index is 0.263. The number of methoxy groups -OCH3 is 2. The van der Waals surface area contributed by atoms with Gasteiger partial charge in [0.25, 0.3) is 0 Å². The number of hydrogen-bond donors (Lipinski definition) is 2. The van der Waals surface area contributed by atoms with E-state index in [2.05, 4.69) is 35.4 Å². The Morgan fingerprint density at radius 3 is 2.57 bits per heavy atom. The fourth-order valence-corrected chi connectivity index (χ4v) is 2.44. The molecule has 0 saturated heterocycles. The lowest BCUT2D eigenvalue weighted by molar-refractivity contribution is 0.354. The van der Waals surface area contributed by atoms with E-state index in [-0.39, 0.29) is 6.04 Å². The second-order valence-electron chi connectivity index (χ2n) is 5.21. The number of benzene rings is 1. The monoisotopic (exact) mass is 289 g/mol. The maximum Gasteiger partial charge on any atom is 0.160 e. The van der Waals surface area contributed by atoms with Gasteiger partial charge in [0.15, 0.2) is 11.5 Å². The fraction of sp³-hybridized carbons (Fsp3) is 0.438. The molecule has 0 spiro atoms. The van der Waals surface area contributed by atoms with E-state index in [1.807, 2.05) is 24.5 Å². The molecule has 0 radical (unpaired) electrons. The molecule has 0 bridgehead atoms. The van der Waals surface area contributed by atoms with Crippen molar-refractivity contribution < 1.29 is 9.47 Å². The summed E-state index contributed by atoms with van der Waals surface area (Å²) in [5, 5.41) is 10.4. The van der Waals surface area contributed by atoms with Gasteiger partial charge in [-0.25, -0.2) is 0 Å². The van der Waals surface area contributed by atoms with Gasteiger partial charge in [0.1, 0.15) is 0 Å². The SMILES string of the molecule is COc1ccc(CC(C)NC(C)c2cn[nH]c2)cc1OC. The van der Waals surface area contributed by atoms with Crippen molar-refractivity contribution in [1.29, 1.82) is 0 Å². The smallest absolute Gasteiger partial charge is 0.160 e. The van der Waals surface area contributed by atoms with Crippen LogP contribution in [0, 0.1) is 0 Å². The third kappa shape index (κ3) is 3.98. The van der Waals surface area contributed by atoms with Gasteiger partial charge in [-0.05, 0) is 38.0 Å². The zero-order valence-electron chi connectivity index (χ0n) is 13.0. The molecule has 21 heavy (non-hydrogen) atoms. The van der Waals surface area contributed by atoms with Gasteiger partial charge in [0.05, 0.1) is 20.4 Å². The third-order valence-electron chi connectivity index (χ3n) is 3.54. The molecule has 0 amide bonds. The fourth-order valence-electron chi connectivity index (χ4n) is 2.44. The molecule has 0 saturated carbocycles. The first-order valence-electron chi connectivity index (χ1n) is 7.09. The number of nitrogens with zero attached hydrogens (tertiary/aromatic N) is 1. The van der Waals surface area contributed by atoms with E-state index in [0.717, 1.165) is 23.5 Å². The van der Waals surface area contributed by atoms with Gasteiger partial charge in [-0.15, -0.1) is 0 Å². The first-order chi connectivity index (χ1) is 10.1. The van der Waals surface area contributed by atoms with Crippen LogP contribution in [0.5, 0.6) is 11.5 Å². The highest BCUT2D eigenvalue weighted by atomic mass is 16.5. The molecule has 1 aromatic carbocycles. The Balaban J connectivity index is 1.97. The second-order valence-corrected chi connectivity index (χ2v) is 5.21. The first-order valence-corrected chi connectivity index (χ1v) is 7.09. The zero-order chi connectivity index (χ0) is 15.2. The summed E-state index contributed by atoms with van der Waals surface area (Å²) in [6, 6.07) is 6.65. The molecule has 5 nitrogen and oxygen atoms in total. The zero-order valence-corrected chi connectivity index (χ0v) is 13.0. The Morgan fingerprint density at radius 2 is 1.95 bits per heavy atom. The molecule has 0 fully saturated rings.